The van der Waals surface area contributed by atoms with Crippen LogP contribution in [0.3, 0.4) is 0 Å². The van der Waals surface area contributed by atoms with E-state index in [1.807, 2.05) is 31.2 Å². The first-order chi connectivity index (χ1) is 6.97. The Bertz CT molecular complexity index is 366. The van der Waals surface area contributed by atoms with Gasteiger partial charge in [-0.25, -0.2) is 0 Å². The summed E-state index contributed by atoms with van der Waals surface area (Å²) in [5, 5.41) is 9.75. The molecule has 1 aliphatic rings. The number of para-hydroxylation sites is 1. The Morgan fingerprint density at radius 3 is 2.47 bits per heavy atom. The molecule has 82 valence electrons. The quantitative estimate of drug-likeness (QED) is 0.770. The van der Waals surface area contributed by atoms with E-state index >= 15 is 0 Å². The van der Waals surface area contributed by atoms with Crippen LogP contribution < -0.4 is 10.5 Å². The molecule has 3 nitrogen and oxygen atoms in total. The van der Waals surface area contributed by atoms with Crippen LogP contribution in [0.25, 0.3) is 0 Å². The van der Waals surface area contributed by atoms with Crippen LogP contribution in [0.4, 0.5) is 0 Å². The van der Waals surface area contributed by atoms with Crippen molar-refractivity contribution in [3.8, 4) is 5.75 Å². The van der Waals surface area contributed by atoms with E-state index in [1.54, 1.807) is 7.11 Å². The minimum absolute atomic E-state index is 0.434. The third kappa shape index (κ3) is 1.73. The van der Waals surface area contributed by atoms with Crippen LogP contribution in [-0.4, -0.2) is 17.8 Å². The molecule has 0 aliphatic heterocycles. The normalized spacial score (nSPS) is 34.7. The van der Waals surface area contributed by atoms with Crippen molar-refractivity contribution in [1.82, 2.24) is 0 Å². The molecule has 3 N–H and O–H groups in total. The molecule has 0 saturated heterocycles. The Kier molecular flexibility index (Phi) is 2.24. The molecule has 1 aromatic rings. The molecule has 0 radical (unpaired) electrons. The Balaban J connectivity index is 2.31. The highest BCUT2D eigenvalue weighted by Crippen LogP contribution is 2.48. The lowest BCUT2D eigenvalue weighted by Gasteiger charge is -2.50. The summed E-state index contributed by atoms with van der Waals surface area (Å²) in [5.41, 5.74) is 6.16. The molecule has 1 fully saturated rings. The summed E-state index contributed by atoms with van der Waals surface area (Å²) >= 11 is 0. The largest absolute Gasteiger partial charge is 0.496 e. The molecule has 0 heterocycles. The van der Waals surface area contributed by atoms with Crippen molar-refractivity contribution in [3.05, 3.63) is 29.8 Å². The monoisotopic (exact) mass is 207 g/mol. The number of ether oxygens (including phenoxy) is 1. The van der Waals surface area contributed by atoms with Crippen molar-refractivity contribution in [2.75, 3.05) is 7.11 Å². The summed E-state index contributed by atoms with van der Waals surface area (Å²) in [5.74, 6) is 0.801. The van der Waals surface area contributed by atoms with E-state index < -0.39 is 11.1 Å². The molecule has 1 saturated carbocycles. The molecule has 0 unspecified atom stereocenters. The van der Waals surface area contributed by atoms with Gasteiger partial charge in [0.25, 0.3) is 0 Å². The van der Waals surface area contributed by atoms with Gasteiger partial charge < -0.3 is 15.6 Å². The lowest BCUT2D eigenvalue weighted by atomic mass is 9.63. The molecule has 15 heavy (non-hydrogen) atoms. The van der Waals surface area contributed by atoms with E-state index in [-0.39, 0.29) is 0 Å². The fourth-order valence-electron chi connectivity index (χ4n) is 2.55. The predicted molar refractivity (Wildman–Crippen MR) is 58.7 cm³/mol. The number of aliphatic hydroxyl groups is 1. The molecular formula is C12H17NO2. The SMILES string of the molecule is COc1ccccc1C1(N)CC(C)(O)C1. The van der Waals surface area contributed by atoms with Gasteiger partial charge in [-0.05, 0) is 25.8 Å². The van der Waals surface area contributed by atoms with Gasteiger partial charge in [0.2, 0.25) is 0 Å². The Morgan fingerprint density at radius 1 is 1.33 bits per heavy atom. The van der Waals surface area contributed by atoms with Gasteiger partial charge >= 0.3 is 0 Å². The fraction of sp³-hybridized carbons (Fsp3) is 0.500. The lowest BCUT2D eigenvalue weighted by molar-refractivity contribution is -0.0744. The zero-order valence-corrected chi connectivity index (χ0v) is 9.16. The molecule has 0 spiro atoms. The maximum absolute atomic E-state index is 9.75. The van der Waals surface area contributed by atoms with Crippen LogP contribution in [0.15, 0.2) is 24.3 Å². The summed E-state index contributed by atoms with van der Waals surface area (Å²) in [4.78, 5) is 0. The molecule has 3 heteroatoms. The van der Waals surface area contributed by atoms with E-state index in [2.05, 4.69) is 0 Å². The molecule has 0 amide bonds. The third-order valence-corrected chi connectivity index (χ3v) is 3.04. The van der Waals surface area contributed by atoms with E-state index in [4.69, 9.17) is 10.5 Å². The minimum Gasteiger partial charge on any atom is -0.496 e. The third-order valence-electron chi connectivity index (χ3n) is 3.04. The molecule has 0 aromatic heterocycles. The van der Waals surface area contributed by atoms with Crippen LogP contribution in [0.1, 0.15) is 25.3 Å². The Labute approximate surface area is 89.9 Å². The highest BCUT2D eigenvalue weighted by Gasteiger charge is 2.50. The van der Waals surface area contributed by atoms with Gasteiger partial charge in [0.15, 0.2) is 0 Å². The van der Waals surface area contributed by atoms with Gasteiger partial charge in [0.05, 0.1) is 18.2 Å². The fourth-order valence-corrected chi connectivity index (χ4v) is 2.55. The van der Waals surface area contributed by atoms with Crippen LogP contribution in [0.5, 0.6) is 5.75 Å². The number of benzene rings is 1. The maximum Gasteiger partial charge on any atom is 0.123 e. The van der Waals surface area contributed by atoms with Crippen LogP contribution in [0, 0.1) is 0 Å². The van der Waals surface area contributed by atoms with Crippen LogP contribution >= 0.6 is 0 Å². The summed E-state index contributed by atoms with van der Waals surface area (Å²) in [6, 6.07) is 7.73. The molecule has 1 aromatic carbocycles. The Morgan fingerprint density at radius 2 is 1.93 bits per heavy atom. The highest BCUT2D eigenvalue weighted by molar-refractivity contribution is 5.41. The first kappa shape index (κ1) is 10.5. The number of nitrogens with two attached hydrogens (primary N) is 1. The van der Waals surface area contributed by atoms with E-state index in [0.29, 0.717) is 12.8 Å². The van der Waals surface area contributed by atoms with Crippen LogP contribution in [-0.2, 0) is 5.54 Å². The first-order valence-electron chi connectivity index (χ1n) is 5.12. The number of rotatable bonds is 2. The van der Waals surface area contributed by atoms with Gasteiger partial charge in [-0.1, -0.05) is 18.2 Å². The second kappa shape index (κ2) is 3.22. The average molecular weight is 207 g/mol. The van der Waals surface area contributed by atoms with Crippen molar-refractivity contribution in [2.24, 2.45) is 5.73 Å². The Hall–Kier alpha value is -1.06. The summed E-state index contributed by atoms with van der Waals surface area (Å²) in [6.45, 7) is 1.81. The maximum atomic E-state index is 9.75. The van der Waals surface area contributed by atoms with Crippen molar-refractivity contribution in [1.29, 1.82) is 0 Å². The number of methoxy groups -OCH3 is 1. The van der Waals surface area contributed by atoms with Crippen molar-refractivity contribution in [2.45, 2.75) is 30.9 Å². The summed E-state index contributed by atoms with van der Waals surface area (Å²) in [7, 11) is 1.64. The molecule has 1 aliphatic carbocycles. The summed E-state index contributed by atoms with van der Waals surface area (Å²) < 4.78 is 5.27. The van der Waals surface area contributed by atoms with Crippen LogP contribution in [0.2, 0.25) is 0 Å². The second-order valence-corrected chi connectivity index (χ2v) is 4.71. The van der Waals surface area contributed by atoms with E-state index in [9.17, 15) is 5.11 Å². The van der Waals surface area contributed by atoms with Gasteiger partial charge in [0.1, 0.15) is 5.75 Å². The van der Waals surface area contributed by atoms with Gasteiger partial charge in [0, 0.05) is 5.56 Å². The lowest BCUT2D eigenvalue weighted by Crippen LogP contribution is -2.58. The van der Waals surface area contributed by atoms with E-state index in [0.717, 1.165) is 11.3 Å². The number of hydrogen-bond donors (Lipinski definition) is 2. The molecule has 2 rings (SSSR count). The standard InChI is InChI=1S/C12H17NO2/c1-11(14)7-12(13,8-11)9-5-3-4-6-10(9)15-2/h3-6,14H,7-8,13H2,1-2H3. The number of hydrogen-bond acceptors (Lipinski definition) is 3. The predicted octanol–water partition coefficient (Wildman–Crippen LogP) is 1.39. The smallest absolute Gasteiger partial charge is 0.123 e. The zero-order chi connectivity index (χ0) is 11.1. The van der Waals surface area contributed by atoms with Crippen molar-refractivity contribution in [3.63, 3.8) is 0 Å². The second-order valence-electron chi connectivity index (χ2n) is 4.71. The summed E-state index contributed by atoms with van der Waals surface area (Å²) in [6.07, 6.45) is 1.17. The van der Waals surface area contributed by atoms with Gasteiger partial charge in [-0.2, -0.15) is 0 Å². The van der Waals surface area contributed by atoms with E-state index in [1.165, 1.54) is 0 Å². The first-order valence-corrected chi connectivity index (χ1v) is 5.12. The van der Waals surface area contributed by atoms with Crippen molar-refractivity contribution >= 4 is 0 Å². The minimum atomic E-state index is -0.629. The zero-order valence-electron chi connectivity index (χ0n) is 9.16. The van der Waals surface area contributed by atoms with Gasteiger partial charge in [-0.3, -0.25) is 0 Å². The molecule has 0 atom stereocenters. The van der Waals surface area contributed by atoms with Crippen molar-refractivity contribution < 1.29 is 9.84 Å². The van der Waals surface area contributed by atoms with Gasteiger partial charge in [-0.15, -0.1) is 0 Å². The average Bonchev–Trinajstić information content (AvgIpc) is 2.14. The molecule has 0 bridgehead atoms. The molecular weight excluding hydrogens is 190 g/mol. The topological polar surface area (TPSA) is 55.5 Å². The highest BCUT2D eigenvalue weighted by atomic mass is 16.5.